The first-order valence-corrected chi connectivity index (χ1v) is 8.60. The van der Waals surface area contributed by atoms with Gasteiger partial charge in [-0.1, -0.05) is 13.0 Å². The summed E-state index contributed by atoms with van der Waals surface area (Å²) in [4.78, 5) is 11.1. The van der Waals surface area contributed by atoms with E-state index in [-0.39, 0.29) is 11.6 Å². The van der Waals surface area contributed by atoms with Crippen molar-refractivity contribution in [3.8, 4) is 16.9 Å². The van der Waals surface area contributed by atoms with Crippen LogP contribution in [0.1, 0.15) is 37.8 Å². The number of hydrogen-bond donors (Lipinski definition) is 2. The van der Waals surface area contributed by atoms with E-state index in [9.17, 15) is 15.2 Å². The van der Waals surface area contributed by atoms with E-state index in [2.05, 4.69) is 5.32 Å². The molecule has 0 fully saturated rings. The molecule has 1 aliphatic rings. The molecule has 0 amide bonds. The van der Waals surface area contributed by atoms with Crippen LogP contribution in [-0.4, -0.2) is 28.8 Å². The lowest BCUT2D eigenvalue weighted by Crippen LogP contribution is -2.50. The first kappa shape index (κ1) is 18.2. The minimum Gasteiger partial charge on any atom is -0.496 e. The summed E-state index contributed by atoms with van der Waals surface area (Å²) < 4.78 is 5.39. The molecule has 0 aromatic heterocycles. The van der Waals surface area contributed by atoms with Crippen molar-refractivity contribution in [2.75, 3.05) is 12.4 Å². The third-order valence-electron chi connectivity index (χ3n) is 5.23. The van der Waals surface area contributed by atoms with Crippen LogP contribution in [0.3, 0.4) is 0 Å². The number of fused-ring (bicyclic) bond motifs is 1. The molecule has 0 radical (unpaired) electrons. The van der Waals surface area contributed by atoms with Crippen LogP contribution in [0, 0.1) is 17.0 Å². The summed E-state index contributed by atoms with van der Waals surface area (Å²) in [5.41, 5.74) is 3.63. The minimum atomic E-state index is -0.572. The molecule has 2 atom stereocenters. The number of hydrogen-bond acceptors (Lipinski definition) is 5. The van der Waals surface area contributed by atoms with Gasteiger partial charge in [0, 0.05) is 17.7 Å². The summed E-state index contributed by atoms with van der Waals surface area (Å²) in [6.45, 7) is 7.88. The fourth-order valence-corrected chi connectivity index (χ4v) is 3.81. The Balaban J connectivity index is 2.26. The minimum absolute atomic E-state index is 0.000926. The molecule has 2 aromatic rings. The first-order chi connectivity index (χ1) is 12.2. The highest BCUT2D eigenvalue weighted by Gasteiger charge is 2.39. The Kier molecular flexibility index (Phi) is 4.40. The molecular formula is C20H24N2O4. The van der Waals surface area contributed by atoms with E-state index >= 15 is 0 Å². The van der Waals surface area contributed by atoms with Crippen molar-refractivity contribution in [2.24, 2.45) is 0 Å². The quantitative estimate of drug-likeness (QED) is 0.634. The van der Waals surface area contributed by atoms with Crippen LogP contribution in [0.15, 0.2) is 30.3 Å². The zero-order valence-electron chi connectivity index (χ0n) is 15.7. The highest BCUT2D eigenvalue weighted by molar-refractivity contribution is 5.83. The monoisotopic (exact) mass is 356 g/mol. The number of nitro groups is 1. The van der Waals surface area contributed by atoms with Crippen LogP contribution >= 0.6 is 0 Å². The highest BCUT2D eigenvalue weighted by atomic mass is 16.6. The number of aliphatic hydroxyl groups is 1. The van der Waals surface area contributed by atoms with Gasteiger partial charge in [-0.3, -0.25) is 10.1 Å². The molecular weight excluding hydrogens is 332 g/mol. The van der Waals surface area contributed by atoms with E-state index in [1.54, 1.807) is 12.1 Å². The summed E-state index contributed by atoms with van der Waals surface area (Å²) in [7, 11) is 1.50. The smallest absolute Gasteiger partial charge is 0.280 e. The van der Waals surface area contributed by atoms with Crippen LogP contribution in [0.5, 0.6) is 5.75 Å². The Morgan fingerprint density at radius 2 is 2.00 bits per heavy atom. The number of nitrogens with zero attached hydrogens (tertiary/aromatic N) is 1. The third kappa shape index (κ3) is 2.80. The maximum atomic E-state index is 11.5. The molecule has 0 unspecified atom stereocenters. The average molecular weight is 356 g/mol. The predicted octanol–water partition coefficient (Wildman–Crippen LogP) is 4.25. The largest absolute Gasteiger partial charge is 0.496 e. The topological polar surface area (TPSA) is 84.6 Å². The Labute approximate surface area is 153 Å². The van der Waals surface area contributed by atoms with Gasteiger partial charge in [0.1, 0.15) is 11.3 Å². The van der Waals surface area contributed by atoms with Crippen molar-refractivity contribution >= 4 is 11.4 Å². The van der Waals surface area contributed by atoms with E-state index in [4.69, 9.17) is 4.74 Å². The molecule has 6 heteroatoms. The van der Waals surface area contributed by atoms with Crippen molar-refractivity contribution in [1.82, 2.24) is 0 Å². The summed E-state index contributed by atoms with van der Waals surface area (Å²) in [5.74, 6) is 0.351. The van der Waals surface area contributed by atoms with Gasteiger partial charge >= 0.3 is 0 Å². The van der Waals surface area contributed by atoms with Crippen LogP contribution < -0.4 is 10.1 Å². The number of benzene rings is 2. The predicted molar refractivity (Wildman–Crippen MR) is 102 cm³/mol. The van der Waals surface area contributed by atoms with Gasteiger partial charge in [0.15, 0.2) is 0 Å². The number of methoxy groups -OCH3 is 1. The third-order valence-corrected chi connectivity index (χ3v) is 5.23. The molecule has 138 valence electrons. The van der Waals surface area contributed by atoms with Gasteiger partial charge in [-0.15, -0.1) is 0 Å². The molecule has 6 nitrogen and oxygen atoms in total. The van der Waals surface area contributed by atoms with Crippen LogP contribution in [0.25, 0.3) is 11.1 Å². The van der Waals surface area contributed by atoms with Gasteiger partial charge < -0.3 is 15.2 Å². The molecule has 1 aliphatic heterocycles. The maximum absolute atomic E-state index is 11.5. The van der Waals surface area contributed by atoms with Crippen LogP contribution in [0.4, 0.5) is 11.4 Å². The van der Waals surface area contributed by atoms with Gasteiger partial charge in [0.2, 0.25) is 0 Å². The molecule has 2 aromatic carbocycles. The molecule has 0 saturated heterocycles. The van der Waals surface area contributed by atoms with Crippen molar-refractivity contribution in [3.05, 3.63) is 51.6 Å². The van der Waals surface area contributed by atoms with Gasteiger partial charge in [-0.05, 0) is 55.7 Å². The standard InChI is InChI=1S/C20H24N2O4/c1-11-9-13(17-15(22(24)25)7-6-8-16(17)26-5)10-14-12(2)19(23)20(3,4)21-18(11)14/h6-10,12,19,21,23H,1-5H3/t12-,19+/m1/s1. The zero-order chi connectivity index (χ0) is 19.2. The Hall–Kier alpha value is -2.60. The number of ether oxygens (including phenoxy) is 1. The van der Waals surface area contributed by atoms with Gasteiger partial charge in [0.25, 0.3) is 5.69 Å². The van der Waals surface area contributed by atoms with Crippen LogP contribution in [-0.2, 0) is 0 Å². The number of rotatable bonds is 3. The first-order valence-electron chi connectivity index (χ1n) is 8.60. The van der Waals surface area contributed by atoms with E-state index in [0.29, 0.717) is 16.9 Å². The lowest BCUT2D eigenvalue weighted by atomic mass is 9.77. The molecule has 2 N–H and O–H groups in total. The molecule has 0 aliphatic carbocycles. The van der Waals surface area contributed by atoms with Gasteiger partial charge in [-0.2, -0.15) is 0 Å². The Bertz CT molecular complexity index is 876. The fraction of sp³-hybridized carbons (Fsp3) is 0.400. The summed E-state index contributed by atoms with van der Waals surface area (Å²) >= 11 is 0. The van der Waals surface area contributed by atoms with Gasteiger partial charge in [-0.25, -0.2) is 0 Å². The molecule has 1 heterocycles. The second-order valence-electron chi connectivity index (χ2n) is 7.45. The number of aliphatic hydroxyl groups excluding tert-OH is 1. The fourth-order valence-electron chi connectivity index (χ4n) is 3.81. The van der Waals surface area contributed by atoms with E-state index in [1.807, 2.05) is 39.8 Å². The average Bonchev–Trinajstić information content (AvgIpc) is 2.59. The lowest BCUT2D eigenvalue weighted by molar-refractivity contribution is -0.384. The van der Waals surface area contributed by atoms with E-state index in [0.717, 1.165) is 16.8 Å². The summed E-state index contributed by atoms with van der Waals surface area (Å²) in [6.07, 6.45) is -0.572. The van der Waals surface area contributed by atoms with E-state index in [1.165, 1.54) is 13.2 Å². The Morgan fingerprint density at radius 1 is 1.31 bits per heavy atom. The van der Waals surface area contributed by atoms with Crippen molar-refractivity contribution < 1.29 is 14.8 Å². The summed E-state index contributed by atoms with van der Waals surface area (Å²) in [5, 5.41) is 25.6. The van der Waals surface area contributed by atoms with E-state index < -0.39 is 16.6 Å². The number of nitro benzene ring substituents is 1. The normalized spacial score (nSPS) is 20.8. The summed E-state index contributed by atoms with van der Waals surface area (Å²) in [6, 6.07) is 8.66. The van der Waals surface area contributed by atoms with Crippen molar-refractivity contribution in [1.29, 1.82) is 0 Å². The number of aryl methyl sites for hydroxylation is 1. The molecule has 0 saturated carbocycles. The zero-order valence-corrected chi connectivity index (χ0v) is 15.7. The highest BCUT2D eigenvalue weighted by Crippen LogP contribution is 2.45. The molecule has 26 heavy (non-hydrogen) atoms. The SMILES string of the molecule is COc1cccc([N+](=O)[O-])c1-c1cc(C)c2c(c1)[C@@H](C)[C@H](O)C(C)(C)N2. The molecule has 3 rings (SSSR count). The van der Waals surface area contributed by atoms with Crippen molar-refractivity contribution in [3.63, 3.8) is 0 Å². The second kappa shape index (κ2) is 6.29. The van der Waals surface area contributed by atoms with Crippen molar-refractivity contribution in [2.45, 2.75) is 45.3 Å². The van der Waals surface area contributed by atoms with Gasteiger partial charge in [0.05, 0.1) is 23.7 Å². The molecule has 0 bridgehead atoms. The second-order valence-corrected chi connectivity index (χ2v) is 7.45. The maximum Gasteiger partial charge on any atom is 0.280 e. The Morgan fingerprint density at radius 3 is 2.62 bits per heavy atom. The lowest BCUT2D eigenvalue weighted by Gasteiger charge is -2.43. The number of nitrogens with one attached hydrogen (secondary N) is 1. The molecule has 0 spiro atoms. The van der Waals surface area contributed by atoms with Crippen LogP contribution in [0.2, 0.25) is 0 Å². The number of anilines is 1.